The molecule has 0 aromatic carbocycles. The monoisotopic (exact) mass is 310 g/mol. The Labute approximate surface area is 141 Å². The molecule has 2 aliphatic carbocycles. The lowest BCUT2D eigenvalue weighted by Gasteiger charge is -2.33. The first-order chi connectivity index (χ1) is 10.9. The predicted octanol–water partition coefficient (Wildman–Crippen LogP) is 6.25. The van der Waals surface area contributed by atoms with Crippen molar-refractivity contribution in [3.63, 3.8) is 0 Å². The molecule has 0 spiro atoms. The van der Waals surface area contributed by atoms with Crippen LogP contribution in [-0.4, -0.2) is 6.29 Å². The molecule has 1 heteroatoms. The second-order valence-corrected chi connectivity index (χ2v) is 7.60. The third-order valence-corrected chi connectivity index (χ3v) is 5.05. The molecular formula is C22H30O. The Morgan fingerprint density at radius 2 is 1.96 bits per heavy atom. The van der Waals surface area contributed by atoms with Gasteiger partial charge in [0, 0.05) is 0 Å². The van der Waals surface area contributed by atoms with Crippen LogP contribution in [0.15, 0.2) is 58.2 Å². The van der Waals surface area contributed by atoms with E-state index in [1.54, 1.807) is 11.6 Å². The fraction of sp³-hybridized carbons (Fsp3) is 0.500. The Kier molecular flexibility index (Phi) is 5.98. The highest BCUT2D eigenvalue weighted by atomic mass is 16.1. The van der Waals surface area contributed by atoms with Crippen LogP contribution in [0, 0.1) is 5.41 Å². The van der Waals surface area contributed by atoms with Gasteiger partial charge in [0.05, 0.1) is 0 Å². The molecule has 0 bridgehead atoms. The van der Waals surface area contributed by atoms with Crippen molar-refractivity contribution in [3.8, 4) is 0 Å². The van der Waals surface area contributed by atoms with Gasteiger partial charge in [-0.1, -0.05) is 49.3 Å². The molecule has 2 aliphatic rings. The van der Waals surface area contributed by atoms with E-state index in [0.29, 0.717) is 5.41 Å². The minimum absolute atomic E-state index is 0.295. The molecule has 0 atom stereocenters. The van der Waals surface area contributed by atoms with Crippen molar-refractivity contribution in [1.29, 1.82) is 0 Å². The van der Waals surface area contributed by atoms with Crippen LogP contribution in [0.3, 0.4) is 0 Å². The summed E-state index contributed by atoms with van der Waals surface area (Å²) in [5.41, 5.74) is 7.11. The van der Waals surface area contributed by atoms with Crippen molar-refractivity contribution in [2.75, 3.05) is 0 Å². The molecule has 0 saturated heterocycles. The average molecular weight is 310 g/mol. The molecule has 0 saturated carbocycles. The Hall–Kier alpha value is -1.63. The maximum absolute atomic E-state index is 10.6. The van der Waals surface area contributed by atoms with Gasteiger partial charge in [0.1, 0.15) is 6.29 Å². The second-order valence-electron chi connectivity index (χ2n) is 7.60. The van der Waals surface area contributed by atoms with Crippen molar-refractivity contribution < 1.29 is 4.79 Å². The van der Waals surface area contributed by atoms with Crippen LogP contribution in [0.25, 0.3) is 0 Å². The zero-order valence-electron chi connectivity index (χ0n) is 15.1. The summed E-state index contributed by atoms with van der Waals surface area (Å²) in [6.45, 7) is 9.16. The molecule has 2 rings (SSSR count). The summed E-state index contributed by atoms with van der Waals surface area (Å²) < 4.78 is 0. The molecule has 124 valence electrons. The van der Waals surface area contributed by atoms with Gasteiger partial charge in [0.15, 0.2) is 0 Å². The SMILES string of the molecule is CC1=C(/C=C/C(C)=C\C2=CC(=C/C=O)/CCC2)C(C)(C)CCC1. The molecule has 0 fully saturated rings. The summed E-state index contributed by atoms with van der Waals surface area (Å²) in [5, 5.41) is 0. The minimum Gasteiger partial charge on any atom is -0.299 e. The molecular weight excluding hydrogens is 280 g/mol. The van der Waals surface area contributed by atoms with Crippen LogP contribution in [0.1, 0.15) is 66.2 Å². The highest BCUT2D eigenvalue weighted by Crippen LogP contribution is 2.40. The number of carbonyl (C=O) groups is 1. The molecule has 0 N–H and O–H groups in total. The highest BCUT2D eigenvalue weighted by molar-refractivity contribution is 5.67. The molecule has 0 aliphatic heterocycles. The molecule has 0 radical (unpaired) electrons. The summed E-state index contributed by atoms with van der Waals surface area (Å²) in [4.78, 5) is 10.6. The summed E-state index contributed by atoms with van der Waals surface area (Å²) >= 11 is 0. The van der Waals surface area contributed by atoms with Crippen molar-refractivity contribution >= 4 is 6.29 Å². The normalized spacial score (nSPS) is 24.3. The fourth-order valence-electron chi connectivity index (χ4n) is 3.78. The summed E-state index contributed by atoms with van der Waals surface area (Å²) in [7, 11) is 0. The lowest BCUT2D eigenvalue weighted by atomic mass is 9.72. The number of allylic oxidation sites excluding steroid dienone is 10. The average Bonchev–Trinajstić information content (AvgIpc) is 2.46. The van der Waals surface area contributed by atoms with Gasteiger partial charge in [-0.2, -0.15) is 0 Å². The number of carbonyl (C=O) groups excluding carboxylic acids is 1. The number of rotatable bonds is 4. The molecule has 0 unspecified atom stereocenters. The van der Waals surface area contributed by atoms with Crippen molar-refractivity contribution in [3.05, 3.63) is 58.2 Å². The third-order valence-electron chi connectivity index (χ3n) is 5.05. The zero-order chi connectivity index (χ0) is 16.9. The van der Waals surface area contributed by atoms with E-state index in [2.05, 4.69) is 52.0 Å². The standard InChI is InChI=1S/C22H30O/c1-17(15-20-9-5-8-19(16-20)12-14-23)10-11-21-18(2)7-6-13-22(21,3)4/h10-12,14-16H,5-9,13H2,1-4H3/b11-10+,17-15-,19-12+. The lowest BCUT2D eigenvalue weighted by Crippen LogP contribution is -2.19. The fourth-order valence-corrected chi connectivity index (χ4v) is 3.78. The second kappa shape index (κ2) is 7.77. The molecule has 0 aromatic rings. The minimum atomic E-state index is 0.295. The highest BCUT2D eigenvalue weighted by Gasteiger charge is 2.26. The molecule has 0 amide bonds. The molecule has 1 nitrogen and oxygen atoms in total. The van der Waals surface area contributed by atoms with Crippen LogP contribution < -0.4 is 0 Å². The van der Waals surface area contributed by atoms with E-state index < -0.39 is 0 Å². The van der Waals surface area contributed by atoms with E-state index >= 15 is 0 Å². The van der Waals surface area contributed by atoms with Gasteiger partial charge in [-0.3, -0.25) is 4.79 Å². The van der Waals surface area contributed by atoms with Gasteiger partial charge in [0.2, 0.25) is 0 Å². The van der Waals surface area contributed by atoms with Crippen LogP contribution in [0.4, 0.5) is 0 Å². The first kappa shape index (κ1) is 17.7. The van der Waals surface area contributed by atoms with Gasteiger partial charge in [0.25, 0.3) is 0 Å². The van der Waals surface area contributed by atoms with Crippen molar-refractivity contribution in [1.82, 2.24) is 0 Å². The first-order valence-electron chi connectivity index (χ1n) is 8.84. The quantitative estimate of drug-likeness (QED) is 0.341. The van der Waals surface area contributed by atoms with Crippen molar-refractivity contribution in [2.45, 2.75) is 66.2 Å². The largest absolute Gasteiger partial charge is 0.299 e. The molecule has 0 heterocycles. The first-order valence-corrected chi connectivity index (χ1v) is 8.84. The van der Waals surface area contributed by atoms with Crippen LogP contribution in [0.2, 0.25) is 0 Å². The summed E-state index contributed by atoms with van der Waals surface area (Å²) in [5.74, 6) is 0. The maximum Gasteiger partial charge on any atom is 0.143 e. The van der Waals surface area contributed by atoms with E-state index in [1.807, 2.05) is 0 Å². The van der Waals surface area contributed by atoms with Crippen LogP contribution in [-0.2, 0) is 4.79 Å². The number of aldehydes is 1. The van der Waals surface area contributed by atoms with Gasteiger partial charge >= 0.3 is 0 Å². The Morgan fingerprint density at radius 3 is 2.65 bits per heavy atom. The Bertz CT molecular complexity index is 606. The maximum atomic E-state index is 10.6. The van der Waals surface area contributed by atoms with Crippen LogP contribution >= 0.6 is 0 Å². The van der Waals surface area contributed by atoms with Crippen molar-refractivity contribution in [2.24, 2.45) is 5.41 Å². The van der Waals surface area contributed by atoms with Gasteiger partial charge in [-0.25, -0.2) is 0 Å². The third kappa shape index (κ3) is 4.92. The van der Waals surface area contributed by atoms with Gasteiger partial charge in [-0.05, 0) is 80.6 Å². The lowest BCUT2D eigenvalue weighted by molar-refractivity contribution is -0.104. The van der Waals surface area contributed by atoms with Gasteiger partial charge in [-0.15, -0.1) is 0 Å². The number of hydrogen-bond acceptors (Lipinski definition) is 1. The van der Waals surface area contributed by atoms with E-state index in [4.69, 9.17) is 0 Å². The number of hydrogen-bond donors (Lipinski definition) is 0. The van der Waals surface area contributed by atoms with Crippen LogP contribution in [0.5, 0.6) is 0 Å². The topological polar surface area (TPSA) is 17.1 Å². The van der Waals surface area contributed by atoms with E-state index in [9.17, 15) is 4.79 Å². The Morgan fingerprint density at radius 1 is 1.17 bits per heavy atom. The summed E-state index contributed by atoms with van der Waals surface area (Å²) in [6.07, 6.45) is 18.7. The molecule has 23 heavy (non-hydrogen) atoms. The van der Waals surface area contributed by atoms with E-state index in [1.165, 1.54) is 36.0 Å². The molecule has 0 aromatic heterocycles. The van der Waals surface area contributed by atoms with E-state index in [-0.39, 0.29) is 0 Å². The zero-order valence-corrected chi connectivity index (χ0v) is 15.1. The predicted molar refractivity (Wildman–Crippen MR) is 99.3 cm³/mol. The smallest absolute Gasteiger partial charge is 0.143 e. The Balaban J connectivity index is 2.16. The van der Waals surface area contributed by atoms with Gasteiger partial charge < -0.3 is 0 Å². The summed E-state index contributed by atoms with van der Waals surface area (Å²) in [6, 6.07) is 0. The van der Waals surface area contributed by atoms with E-state index in [0.717, 1.165) is 31.1 Å².